The fourth-order valence-electron chi connectivity index (χ4n) is 2.85. The topological polar surface area (TPSA) is 55.1 Å². The molecule has 1 fully saturated rings. The van der Waals surface area contributed by atoms with Crippen molar-refractivity contribution in [3.63, 3.8) is 0 Å². The lowest BCUT2D eigenvalue weighted by atomic mass is 9.81. The van der Waals surface area contributed by atoms with E-state index >= 15 is 0 Å². The molecule has 1 amide bonds. The zero-order chi connectivity index (χ0) is 13.1. The molecule has 1 unspecified atom stereocenters. The van der Waals surface area contributed by atoms with E-state index in [4.69, 9.17) is 5.73 Å². The van der Waals surface area contributed by atoms with Crippen molar-refractivity contribution in [2.75, 3.05) is 6.54 Å². The molecule has 0 radical (unpaired) electrons. The number of carbonyl (C=O) groups is 1. The maximum absolute atomic E-state index is 12.3. The van der Waals surface area contributed by atoms with Crippen LogP contribution in [0.15, 0.2) is 0 Å². The van der Waals surface area contributed by atoms with Gasteiger partial charge in [-0.3, -0.25) is 4.79 Å². The average molecular weight is 240 g/mol. The standard InChI is InChI=1S/C14H28N2O/c1-5-14(6-2,10-15)12(17)16-11-7-8-13(3,4)9-11/h11H,5-10,15H2,1-4H3,(H,16,17). The van der Waals surface area contributed by atoms with Crippen LogP contribution in [0, 0.1) is 10.8 Å². The summed E-state index contributed by atoms with van der Waals surface area (Å²) in [4.78, 5) is 12.3. The highest BCUT2D eigenvalue weighted by Crippen LogP contribution is 2.37. The van der Waals surface area contributed by atoms with Crippen molar-refractivity contribution in [3.8, 4) is 0 Å². The number of nitrogens with one attached hydrogen (secondary N) is 1. The molecule has 3 nitrogen and oxygen atoms in total. The number of carbonyl (C=O) groups excluding carboxylic acids is 1. The first kappa shape index (κ1) is 14.5. The predicted octanol–water partition coefficient (Wildman–Crippen LogP) is 2.45. The van der Waals surface area contributed by atoms with Gasteiger partial charge in [0.2, 0.25) is 5.91 Å². The van der Waals surface area contributed by atoms with Gasteiger partial charge < -0.3 is 11.1 Å². The van der Waals surface area contributed by atoms with Gasteiger partial charge in [0.05, 0.1) is 5.41 Å². The van der Waals surface area contributed by atoms with Crippen molar-refractivity contribution in [2.45, 2.75) is 65.8 Å². The van der Waals surface area contributed by atoms with Gasteiger partial charge in [0.1, 0.15) is 0 Å². The Morgan fingerprint density at radius 2 is 2.00 bits per heavy atom. The van der Waals surface area contributed by atoms with E-state index in [1.807, 2.05) is 0 Å². The summed E-state index contributed by atoms with van der Waals surface area (Å²) in [6.45, 7) is 9.09. The van der Waals surface area contributed by atoms with Crippen molar-refractivity contribution in [1.82, 2.24) is 5.32 Å². The quantitative estimate of drug-likeness (QED) is 0.775. The van der Waals surface area contributed by atoms with Crippen molar-refractivity contribution in [3.05, 3.63) is 0 Å². The Balaban J connectivity index is 2.60. The highest BCUT2D eigenvalue weighted by Gasteiger charge is 2.37. The molecule has 0 aromatic heterocycles. The monoisotopic (exact) mass is 240 g/mol. The summed E-state index contributed by atoms with van der Waals surface area (Å²) in [6, 6.07) is 0.349. The zero-order valence-corrected chi connectivity index (χ0v) is 11.8. The molecule has 100 valence electrons. The van der Waals surface area contributed by atoms with E-state index in [0.717, 1.165) is 25.7 Å². The number of nitrogens with two attached hydrogens (primary N) is 1. The molecule has 0 heterocycles. The fraction of sp³-hybridized carbons (Fsp3) is 0.929. The lowest BCUT2D eigenvalue weighted by molar-refractivity contribution is -0.131. The molecule has 1 saturated carbocycles. The van der Waals surface area contributed by atoms with Crippen molar-refractivity contribution < 1.29 is 4.79 Å². The molecule has 3 heteroatoms. The Labute approximate surface area is 106 Å². The van der Waals surface area contributed by atoms with Crippen LogP contribution < -0.4 is 11.1 Å². The van der Waals surface area contributed by atoms with E-state index < -0.39 is 0 Å². The first-order chi connectivity index (χ1) is 7.89. The lowest BCUT2D eigenvalue weighted by Crippen LogP contribution is -2.48. The molecule has 1 aliphatic carbocycles. The van der Waals surface area contributed by atoms with Crippen molar-refractivity contribution in [1.29, 1.82) is 0 Å². The van der Waals surface area contributed by atoms with Gasteiger partial charge in [-0.15, -0.1) is 0 Å². The summed E-state index contributed by atoms with van der Waals surface area (Å²) in [5, 5.41) is 3.21. The highest BCUT2D eigenvalue weighted by atomic mass is 16.2. The number of hydrogen-bond donors (Lipinski definition) is 2. The first-order valence-corrected chi connectivity index (χ1v) is 6.90. The van der Waals surface area contributed by atoms with Gasteiger partial charge >= 0.3 is 0 Å². The number of hydrogen-bond acceptors (Lipinski definition) is 2. The number of rotatable bonds is 5. The van der Waals surface area contributed by atoms with Crippen LogP contribution in [0.2, 0.25) is 0 Å². The Bertz CT molecular complexity index is 261. The van der Waals surface area contributed by atoms with Gasteiger partial charge in [0, 0.05) is 12.6 Å². The minimum atomic E-state index is -0.354. The smallest absolute Gasteiger partial charge is 0.227 e. The maximum atomic E-state index is 12.3. The number of amides is 1. The Morgan fingerprint density at radius 1 is 1.41 bits per heavy atom. The van der Waals surface area contributed by atoms with Crippen molar-refractivity contribution >= 4 is 5.91 Å². The van der Waals surface area contributed by atoms with E-state index in [9.17, 15) is 4.79 Å². The third-order valence-electron chi connectivity index (χ3n) is 4.53. The summed E-state index contributed by atoms with van der Waals surface area (Å²) in [7, 11) is 0. The van der Waals surface area contributed by atoms with Crippen LogP contribution in [-0.2, 0) is 4.79 Å². The summed E-state index contributed by atoms with van der Waals surface area (Å²) < 4.78 is 0. The molecule has 0 aromatic rings. The Morgan fingerprint density at radius 3 is 2.35 bits per heavy atom. The molecule has 17 heavy (non-hydrogen) atoms. The van der Waals surface area contributed by atoms with Crippen molar-refractivity contribution in [2.24, 2.45) is 16.6 Å². The van der Waals surface area contributed by atoms with E-state index in [-0.39, 0.29) is 11.3 Å². The molecule has 1 rings (SSSR count). The summed E-state index contributed by atoms with van der Waals surface area (Å²) >= 11 is 0. The SMILES string of the molecule is CCC(CC)(CN)C(=O)NC1CCC(C)(C)C1. The normalized spacial score (nSPS) is 23.7. The first-order valence-electron chi connectivity index (χ1n) is 6.90. The Kier molecular flexibility index (Phi) is 4.59. The maximum Gasteiger partial charge on any atom is 0.227 e. The van der Waals surface area contributed by atoms with E-state index in [1.165, 1.54) is 6.42 Å². The minimum absolute atomic E-state index is 0.160. The molecule has 1 atom stereocenters. The van der Waals surface area contributed by atoms with Crippen LogP contribution in [0.4, 0.5) is 0 Å². The van der Waals surface area contributed by atoms with Gasteiger partial charge in [0.25, 0.3) is 0 Å². The third-order valence-corrected chi connectivity index (χ3v) is 4.53. The minimum Gasteiger partial charge on any atom is -0.353 e. The second-order valence-corrected chi connectivity index (χ2v) is 6.27. The molecular weight excluding hydrogens is 212 g/mol. The van der Waals surface area contributed by atoms with E-state index in [0.29, 0.717) is 18.0 Å². The fourth-order valence-corrected chi connectivity index (χ4v) is 2.85. The lowest BCUT2D eigenvalue weighted by Gasteiger charge is -2.30. The average Bonchev–Trinajstić information content (AvgIpc) is 2.61. The van der Waals surface area contributed by atoms with Crippen LogP contribution in [0.3, 0.4) is 0 Å². The van der Waals surface area contributed by atoms with Crippen LogP contribution in [0.5, 0.6) is 0 Å². The summed E-state index contributed by atoms with van der Waals surface area (Å²) in [5.41, 5.74) is 5.82. The Hall–Kier alpha value is -0.570. The molecular formula is C14H28N2O. The molecule has 0 spiro atoms. The highest BCUT2D eigenvalue weighted by molar-refractivity contribution is 5.83. The van der Waals surface area contributed by atoms with Crippen LogP contribution >= 0.6 is 0 Å². The second-order valence-electron chi connectivity index (χ2n) is 6.27. The molecule has 0 bridgehead atoms. The van der Waals surface area contributed by atoms with E-state index in [1.54, 1.807) is 0 Å². The molecule has 1 aliphatic rings. The van der Waals surface area contributed by atoms with Crippen LogP contribution in [0.25, 0.3) is 0 Å². The molecule has 0 saturated heterocycles. The summed E-state index contributed by atoms with van der Waals surface area (Å²) in [6.07, 6.45) is 5.04. The van der Waals surface area contributed by atoms with Gasteiger partial charge in [-0.1, -0.05) is 27.7 Å². The summed E-state index contributed by atoms with van der Waals surface area (Å²) in [5.74, 6) is 0.160. The molecule has 0 aromatic carbocycles. The van der Waals surface area contributed by atoms with Gasteiger partial charge in [0.15, 0.2) is 0 Å². The van der Waals surface area contributed by atoms with Crippen LogP contribution in [0.1, 0.15) is 59.8 Å². The van der Waals surface area contributed by atoms with E-state index in [2.05, 4.69) is 33.0 Å². The zero-order valence-electron chi connectivity index (χ0n) is 11.8. The molecule has 0 aliphatic heterocycles. The largest absolute Gasteiger partial charge is 0.353 e. The van der Waals surface area contributed by atoms with Gasteiger partial charge in [-0.05, 0) is 37.5 Å². The van der Waals surface area contributed by atoms with Crippen LogP contribution in [-0.4, -0.2) is 18.5 Å². The molecule has 3 N–H and O–H groups in total. The van der Waals surface area contributed by atoms with Gasteiger partial charge in [-0.25, -0.2) is 0 Å². The van der Waals surface area contributed by atoms with Gasteiger partial charge in [-0.2, -0.15) is 0 Å². The second kappa shape index (κ2) is 5.38. The third kappa shape index (κ3) is 3.21. The predicted molar refractivity (Wildman–Crippen MR) is 71.6 cm³/mol.